The van der Waals surface area contributed by atoms with Crippen LogP contribution < -0.4 is 0 Å². The van der Waals surface area contributed by atoms with Crippen LogP contribution in [0.1, 0.15) is 0 Å². The summed E-state index contributed by atoms with van der Waals surface area (Å²) in [5, 5.41) is 9.58. The van der Waals surface area contributed by atoms with Crippen molar-refractivity contribution in [2.24, 2.45) is 0 Å². The van der Waals surface area contributed by atoms with Crippen LogP contribution in [0, 0.1) is 0 Å². The summed E-state index contributed by atoms with van der Waals surface area (Å²) < 4.78 is 6.61. The third kappa shape index (κ3) is 5.26. The second-order valence-electron chi connectivity index (χ2n) is 14.0. The van der Waals surface area contributed by atoms with Gasteiger partial charge in [-0.3, -0.25) is 0 Å². The summed E-state index contributed by atoms with van der Waals surface area (Å²) in [5.74, 6) is 1.80. The first-order chi connectivity index (χ1) is 27.2. The number of furan rings is 1. The quantitative estimate of drug-likeness (QED) is 0.168. The molecule has 0 spiro atoms. The second kappa shape index (κ2) is 12.6. The van der Waals surface area contributed by atoms with E-state index in [0.29, 0.717) is 17.5 Å². The highest BCUT2D eigenvalue weighted by atomic mass is 16.3. The SMILES string of the molecule is c1ccc(-c2ccc(-c3nc(-c4ccccc4)nc(-c4cc(-c5ccc6c7ccccc7c7ccccc7c6c5)c5c(c4)oc4ccccc45)n3)cc2)cc1. The maximum absolute atomic E-state index is 6.61. The third-order valence-electron chi connectivity index (χ3n) is 10.7. The Bertz CT molecular complexity index is 3210. The topological polar surface area (TPSA) is 51.8 Å². The highest BCUT2D eigenvalue weighted by molar-refractivity contribution is 6.26. The summed E-state index contributed by atoms with van der Waals surface area (Å²) in [6.45, 7) is 0. The van der Waals surface area contributed by atoms with Crippen LogP contribution in [0.15, 0.2) is 192 Å². The molecule has 0 radical (unpaired) electrons. The first-order valence-corrected chi connectivity index (χ1v) is 18.5. The second-order valence-corrected chi connectivity index (χ2v) is 14.0. The average Bonchev–Trinajstić information content (AvgIpc) is 3.65. The third-order valence-corrected chi connectivity index (χ3v) is 10.7. The molecule has 11 rings (SSSR count). The van der Waals surface area contributed by atoms with Crippen molar-refractivity contribution in [3.63, 3.8) is 0 Å². The zero-order valence-corrected chi connectivity index (χ0v) is 29.6. The number of aromatic nitrogens is 3. The first kappa shape index (κ1) is 31.1. The molecule has 4 nitrogen and oxygen atoms in total. The lowest BCUT2D eigenvalue weighted by atomic mass is 9.90. The van der Waals surface area contributed by atoms with Crippen LogP contribution in [0.25, 0.3) is 111 Å². The molecular weight excluding hydrogens is 671 g/mol. The highest BCUT2D eigenvalue weighted by Gasteiger charge is 2.19. The number of fused-ring (bicyclic) bond motifs is 9. The summed E-state index contributed by atoms with van der Waals surface area (Å²) in [6, 6.07) is 65.8. The van der Waals surface area contributed by atoms with Gasteiger partial charge in [-0.2, -0.15) is 0 Å². The van der Waals surface area contributed by atoms with Crippen LogP contribution in [0.5, 0.6) is 0 Å². The number of rotatable bonds is 5. The Morgan fingerprint density at radius 1 is 0.273 bits per heavy atom. The molecule has 0 aliphatic heterocycles. The molecule has 0 aliphatic rings. The maximum atomic E-state index is 6.61. The van der Waals surface area contributed by atoms with Gasteiger partial charge in [0.05, 0.1) is 0 Å². The molecule has 55 heavy (non-hydrogen) atoms. The Kier molecular flexibility index (Phi) is 7.14. The van der Waals surface area contributed by atoms with E-state index in [9.17, 15) is 0 Å². The molecule has 0 saturated heterocycles. The molecule has 2 aromatic heterocycles. The van der Waals surface area contributed by atoms with E-state index in [0.717, 1.165) is 60.9 Å². The molecular formula is C51H31N3O. The summed E-state index contributed by atoms with van der Waals surface area (Å²) in [7, 11) is 0. The Morgan fingerprint density at radius 2 is 0.709 bits per heavy atom. The lowest BCUT2D eigenvalue weighted by Gasteiger charge is -2.14. The van der Waals surface area contributed by atoms with E-state index in [4.69, 9.17) is 19.4 Å². The predicted octanol–water partition coefficient (Wildman–Crippen LogP) is 13.6. The zero-order valence-electron chi connectivity index (χ0n) is 29.6. The molecule has 4 heteroatoms. The Hall–Kier alpha value is -7.43. The van der Waals surface area contributed by atoms with Crippen LogP contribution in [-0.4, -0.2) is 15.0 Å². The van der Waals surface area contributed by atoms with Crippen molar-refractivity contribution in [2.75, 3.05) is 0 Å². The molecule has 0 atom stereocenters. The molecule has 0 unspecified atom stereocenters. The van der Waals surface area contributed by atoms with Gasteiger partial charge in [-0.1, -0.05) is 164 Å². The van der Waals surface area contributed by atoms with Gasteiger partial charge < -0.3 is 4.42 Å². The van der Waals surface area contributed by atoms with E-state index in [1.165, 1.54) is 32.3 Å². The number of hydrogen-bond acceptors (Lipinski definition) is 4. The number of para-hydroxylation sites is 1. The monoisotopic (exact) mass is 701 g/mol. The van der Waals surface area contributed by atoms with Gasteiger partial charge >= 0.3 is 0 Å². The molecule has 9 aromatic carbocycles. The van der Waals surface area contributed by atoms with Crippen molar-refractivity contribution in [3.05, 3.63) is 188 Å². The fourth-order valence-electron chi connectivity index (χ4n) is 8.08. The van der Waals surface area contributed by atoms with Gasteiger partial charge in [0.2, 0.25) is 0 Å². The van der Waals surface area contributed by atoms with Crippen LogP contribution in [0.4, 0.5) is 0 Å². The molecule has 2 heterocycles. The minimum Gasteiger partial charge on any atom is -0.456 e. The van der Waals surface area contributed by atoms with Gasteiger partial charge in [0.1, 0.15) is 11.2 Å². The number of nitrogens with zero attached hydrogens (tertiary/aromatic N) is 3. The van der Waals surface area contributed by atoms with Gasteiger partial charge in [0.25, 0.3) is 0 Å². The molecule has 0 amide bonds. The molecule has 0 bridgehead atoms. The number of hydrogen-bond donors (Lipinski definition) is 0. The van der Waals surface area contributed by atoms with Crippen molar-refractivity contribution < 1.29 is 4.42 Å². The lowest BCUT2D eigenvalue weighted by molar-refractivity contribution is 0.669. The molecule has 256 valence electrons. The summed E-state index contributed by atoms with van der Waals surface area (Å²) in [6.07, 6.45) is 0. The van der Waals surface area contributed by atoms with Gasteiger partial charge in [-0.05, 0) is 78.8 Å². The Morgan fingerprint density at radius 3 is 1.35 bits per heavy atom. The van der Waals surface area contributed by atoms with E-state index in [-0.39, 0.29) is 0 Å². The fraction of sp³-hybridized carbons (Fsp3) is 0. The fourth-order valence-corrected chi connectivity index (χ4v) is 8.08. The molecule has 0 saturated carbocycles. The van der Waals surface area contributed by atoms with Gasteiger partial charge in [-0.15, -0.1) is 0 Å². The standard InChI is InChI=1S/C51H31N3O/c1-3-13-32(14-4-1)33-23-25-35(26-24-33)50-52-49(34-15-5-2-6-16-34)53-51(54-50)37-30-44(48-43-21-11-12-22-46(43)55-47(48)31-37)36-27-28-42-40-19-8-7-17-38(40)39-18-9-10-20-41(39)45(42)29-36/h1-31H. The van der Waals surface area contributed by atoms with E-state index in [2.05, 4.69) is 140 Å². The Balaban J connectivity index is 1.15. The molecule has 0 aliphatic carbocycles. The highest BCUT2D eigenvalue weighted by Crippen LogP contribution is 2.43. The van der Waals surface area contributed by atoms with Crippen LogP contribution in [0.2, 0.25) is 0 Å². The smallest absolute Gasteiger partial charge is 0.164 e. The van der Waals surface area contributed by atoms with Crippen molar-refractivity contribution in [2.45, 2.75) is 0 Å². The van der Waals surface area contributed by atoms with Crippen molar-refractivity contribution in [3.8, 4) is 56.4 Å². The summed E-state index contributed by atoms with van der Waals surface area (Å²) in [4.78, 5) is 15.3. The normalized spacial score (nSPS) is 11.6. The van der Waals surface area contributed by atoms with E-state index in [1.54, 1.807) is 0 Å². The first-order valence-electron chi connectivity index (χ1n) is 18.5. The van der Waals surface area contributed by atoms with Crippen molar-refractivity contribution >= 4 is 54.3 Å². The van der Waals surface area contributed by atoms with E-state index in [1.807, 2.05) is 48.5 Å². The van der Waals surface area contributed by atoms with Crippen LogP contribution in [-0.2, 0) is 0 Å². The minimum absolute atomic E-state index is 0.580. The lowest BCUT2D eigenvalue weighted by Crippen LogP contribution is -2.00. The summed E-state index contributed by atoms with van der Waals surface area (Å²) >= 11 is 0. The molecule has 0 fully saturated rings. The predicted molar refractivity (Wildman–Crippen MR) is 227 cm³/mol. The average molecular weight is 702 g/mol. The van der Waals surface area contributed by atoms with E-state index >= 15 is 0 Å². The van der Waals surface area contributed by atoms with Gasteiger partial charge in [-0.25, -0.2) is 15.0 Å². The van der Waals surface area contributed by atoms with Crippen LogP contribution in [0.3, 0.4) is 0 Å². The van der Waals surface area contributed by atoms with Crippen LogP contribution >= 0.6 is 0 Å². The largest absolute Gasteiger partial charge is 0.456 e. The minimum atomic E-state index is 0.580. The molecule has 11 aromatic rings. The van der Waals surface area contributed by atoms with E-state index < -0.39 is 0 Å². The zero-order chi connectivity index (χ0) is 36.3. The van der Waals surface area contributed by atoms with Crippen molar-refractivity contribution in [1.29, 1.82) is 0 Å². The molecule has 0 N–H and O–H groups in total. The van der Waals surface area contributed by atoms with Gasteiger partial charge in [0, 0.05) is 27.5 Å². The summed E-state index contributed by atoms with van der Waals surface area (Å²) in [5.41, 5.74) is 8.78. The van der Waals surface area contributed by atoms with Crippen molar-refractivity contribution in [1.82, 2.24) is 15.0 Å². The Labute approximate surface area is 317 Å². The number of benzene rings is 9. The van der Waals surface area contributed by atoms with Gasteiger partial charge in [0.15, 0.2) is 17.5 Å². The maximum Gasteiger partial charge on any atom is 0.164 e.